The highest BCUT2D eigenvalue weighted by Crippen LogP contribution is 2.32. The first-order valence-corrected chi connectivity index (χ1v) is 9.76. The SMILES string of the molecule is Cc1occc1-c1nnc(SC(C)/C(O)=C(\C#N)c2nc3ccccc3[nH]2)n1C. The summed E-state index contributed by atoms with van der Waals surface area (Å²) in [5.74, 6) is 1.70. The van der Waals surface area contributed by atoms with Crippen molar-refractivity contribution in [3.63, 3.8) is 0 Å². The molecule has 8 nitrogen and oxygen atoms in total. The molecule has 0 saturated carbocycles. The summed E-state index contributed by atoms with van der Waals surface area (Å²) in [5, 5.41) is 29.0. The number of nitrogens with zero attached hydrogens (tertiary/aromatic N) is 5. The first kappa shape index (κ1) is 18.8. The number of allylic oxidation sites excluding steroid dienone is 1. The van der Waals surface area contributed by atoms with Crippen LogP contribution < -0.4 is 0 Å². The van der Waals surface area contributed by atoms with E-state index in [1.54, 1.807) is 13.2 Å². The predicted molar refractivity (Wildman–Crippen MR) is 110 cm³/mol. The van der Waals surface area contributed by atoms with E-state index in [-0.39, 0.29) is 11.3 Å². The largest absolute Gasteiger partial charge is 0.510 e. The Morgan fingerprint density at radius 3 is 2.79 bits per heavy atom. The van der Waals surface area contributed by atoms with Gasteiger partial charge in [0.1, 0.15) is 23.2 Å². The molecule has 146 valence electrons. The van der Waals surface area contributed by atoms with Crippen LogP contribution in [0.5, 0.6) is 0 Å². The van der Waals surface area contributed by atoms with E-state index in [9.17, 15) is 10.4 Å². The molecule has 0 fully saturated rings. The Labute approximate surface area is 170 Å². The molecule has 1 aromatic carbocycles. The zero-order valence-electron chi connectivity index (χ0n) is 16.0. The van der Waals surface area contributed by atoms with Crippen LogP contribution in [0.2, 0.25) is 0 Å². The summed E-state index contributed by atoms with van der Waals surface area (Å²) in [5.41, 5.74) is 2.50. The number of aryl methyl sites for hydroxylation is 1. The molecule has 0 spiro atoms. The minimum Gasteiger partial charge on any atom is -0.510 e. The quantitative estimate of drug-likeness (QED) is 0.289. The lowest BCUT2D eigenvalue weighted by Crippen LogP contribution is -2.06. The summed E-state index contributed by atoms with van der Waals surface area (Å²) in [6.45, 7) is 3.66. The van der Waals surface area contributed by atoms with Crippen molar-refractivity contribution in [1.29, 1.82) is 5.26 Å². The van der Waals surface area contributed by atoms with E-state index in [1.165, 1.54) is 11.8 Å². The van der Waals surface area contributed by atoms with Gasteiger partial charge in [0.25, 0.3) is 0 Å². The minimum atomic E-state index is -0.431. The highest BCUT2D eigenvalue weighted by molar-refractivity contribution is 7.99. The molecule has 0 bridgehead atoms. The maximum absolute atomic E-state index is 10.7. The number of benzene rings is 1. The highest BCUT2D eigenvalue weighted by Gasteiger charge is 2.22. The average molecular weight is 406 g/mol. The summed E-state index contributed by atoms with van der Waals surface area (Å²) in [6.07, 6.45) is 1.61. The Kier molecular flexibility index (Phi) is 4.86. The number of para-hydroxylation sites is 2. The van der Waals surface area contributed by atoms with Crippen LogP contribution in [0.25, 0.3) is 28.0 Å². The van der Waals surface area contributed by atoms with E-state index in [4.69, 9.17) is 4.42 Å². The Hall–Kier alpha value is -3.51. The molecule has 0 radical (unpaired) electrons. The van der Waals surface area contributed by atoms with Gasteiger partial charge in [-0.1, -0.05) is 23.9 Å². The van der Waals surface area contributed by atoms with Crippen LogP contribution in [0.3, 0.4) is 0 Å². The number of imidazole rings is 1. The van der Waals surface area contributed by atoms with Crippen LogP contribution in [0, 0.1) is 18.3 Å². The fourth-order valence-corrected chi connectivity index (χ4v) is 3.87. The lowest BCUT2D eigenvalue weighted by atomic mass is 10.2. The van der Waals surface area contributed by atoms with Gasteiger partial charge in [-0.25, -0.2) is 4.98 Å². The molecule has 2 N–H and O–H groups in total. The number of hydrogen-bond donors (Lipinski definition) is 2. The van der Waals surface area contributed by atoms with Crippen molar-refractivity contribution in [3.05, 3.63) is 53.9 Å². The van der Waals surface area contributed by atoms with Gasteiger partial charge in [0, 0.05) is 7.05 Å². The molecular weight excluding hydrogens is 388 g/mol. The van der Waals surface area contributed by atoms with Crippen molar-refractivity contribution < 1.29 is 9.52 Å². The number of thioether (sulfide) groups is 1. The van der Waals surface area contributed by atoms with Crippen molar-refractivity contribution in [2.75, 3.05) is 0 Å². The number of aromatic nitrogens is 5. The molecule has 3 heterocycles. The molecule has 0 amide bonds. The second-order valence-corrected chi connectivity index (χ2v) is 7.80. The van der Waals surface area contributed by atoms with Gasteiger partial charge in [0.2, 0.25) is 0 Å². The van der Waals surface area contributed by atoms with Gasteiger partial charge >= 0.3 is 0 Å². The van der Waals surface area contributed by atoms with Crippen LogP contribution >= 0.6 is 11.8 Å². The van der Waals surface area contributed by atoms with E-state index in [0.717, 1.165) is 22.4 Å². The number of nitriles is 1. The lowest BCUT2D eigenvalue weighted by Gasteiger charge is -2.11. The van der Waals surface area contributed by atoms with Crippen LogP contribution in [0.4, 0.5) is 0 Å². The number of aliphatic hydroxyl groups excluding tert-OH is 1. The predicted octanol–water partition coefficient (Wildman–Crippen LogP) is 4.23. The maximum atomic E-state index is 10.7. The normalized spacial score (nSPS) is 13.3. The van der Waals surface area contributed by atoms with Gasteiger partial charge in [0.05, 0.1) is 28.1 Å². The third kappa shape index (κ3) is 3.39. The molecule has 1 unspecified atom stereocenters. The highest BCUT2D eigenvalue weighted by atomic mass is 32.2. The maximum Gasteiger partial charge on any atom is 0.191 e. The summed E-state index contributed by atoms with van der Waals surface area (Å²) in [6, 6.07) is 11.4. The van der Waals surface area contributed by atoms with Gasteiger partial charge in [-0.05, 0) is 32.0 Å². The van der Waals surface area contributed by atoms with Crippen molar-refractivity contribution in [2.24, 2.45) is 7.05 Å². The van der Waals surface area contributed by atoms with Crippen molar-refractivity contribution in [3.8, 4) is 17.5 Å². The second kappa shape index (κ2) is 7.48. The molecular formula is C20H18N6O2S. The van der Waals surface area contributed by atoms with Crippen molar-refractivity contribution in [2.45, 2.75) is 24.3 Å². The molecule has 0 saturated heterocycles. The topological polar surface area (TPSA) is 117 Å². The standard InChI is InChI=1S/C20H18N6O2S/c1-11-13(8-9-28-11)19-24-25-20(26(19)3)29-12(2)17(27)14(10-21)18-22-15-6-4-5-7-16(15)23-18/h4-9,12,27H,1-3H3,(H,22,23)/b17-14-. The van der Waals surface area contributed by atoms with Crippen LogP contribution in [-0.2, 0) is 7.05 Å². The smallest absolute Gasteiger partial charge is 0.191 e. The van der Waals surface area contributed by atoms with E-state index in [1.807, 2.05) is 48.9 Å². The van der Waals surface area contributed by atoms with E-state index in [0.29, 0.717) is 16.8 Å². The number of aromatic amines is 1. The monoisotopic (exact) mass is 406 g/mol. The first-order valence-electron chi connectivity index (χ1n) is 8.88. The number of hydrogen-bond acceptors (Lipinski definition) is 7. The summed E-state index contributed by atoms with van der Waals surface area (Å²) >= 11 is 1.31. The van der Waals surface area contributed by atoms with E-state index < -0.39 is 5.25 Å². The third-order valence-electron chi connectivity index (χ3n) is 4.60. The summed E-state index contributed by atoms with van der Waals surface area (Å²) < 4.78 is 7.17. The Morgan fingerprint density at radius 2 is 2.10 bits per heavy atom. The number of rotatable bonds is 5. The number of furan rings is 1. The Balaban J connectivity index is 1.63. The number of nitrogens with one attached hydrogen (secondary N) is 1. The Morgan fingerprint density at radius 1 is 1.31 bits per heavy atom. The minimum absolute atomic E-state index is 0.0689. The third-order valence-corrected chi connectivity index (χ3v) is 5.74. The summed E-state index contributed by atoms with van der Waals surface area (Å²) in [4.78, 5) is 7.49. The molecule has 0 aliphatic heterocycles. The molecule has 0 aliphatic rings. The first-order chi connectivity index (χ1) is 14.0. The van der Waals surface area contributed by atoms with Gasteiger partial charge in [-0.15, -0.1) is 10.2 Å². The zero-order valence-corrected chi connectivity index (χ0v) is 16.9. The molecule has 3 aromatic heterocycles. The Bertz CT molecular complexity index is 1230. The fourth-order valence-electron chi connectivity index (χ4n) is 2.99. The zero-order chi connectivity index (χ0) is 20.5. The van der Waals surface area contributed by atoms with Crippen LogP contribution in [0.15, 0.2) is 51.9 Å². The van der Waals surface area contributed by atoms with Crippen molar-refractivity contribution in [1.82, 2.24) is 24.7 Å². The van der Waals surface area contributed by atoms with Crippen molar-refractivity contribution >= 4 is 28.4 Å². The number of H-pyrrole nitrogens is 1. The van der Waals surface area contributed by atoms with Gasteiger partial charge in [0.15, 0.2) is 16.8 Å². The second-order valence-electron chi connectivity index (χ2n) is 6.49. The van der Waals surface area contributed by atoms with Crippen LogP contribution in [0.1, 0.15) is 18.5 Å². The molecule has 29 heavy (non-hydrogen) atoms. The van der Waals surface area contributed by atoms with E-state index >= 15 is 0 Å². The van der Waals surface area contributed by atoms with Gasteiger partial charge in [-0.3, -0.25) is 0 Å². The lowest BCUT2D eigenvalue weighted by molar-refractivity contribution is 0.401. The molecule has 9 heteroatoms. The number of aliphatic hydroxyl groups is 1. The van der Waals surface area contributed by atoms with Crippen LogP contribution in [-0.4, -0.2) is 35.1 Å². The molecule has 4 rings (SSSR count). The van der Waals surface area contributed by atoms with Gasteiger partial charge < -0.3 is 19.1 Å². The number of fused-ring (bicyclic) bond motifs is 1. The van der Waals surface area contributed by atoms with Gasteiger partial charge in [-0.2, -0.15) is 5.26 Å². The molecule has 1 atom stereocenters. The summed E-state index contributed by atoms with van der Waals surface area (Å²) in [7, 11) is 1.85. The van der Waals surface area contributed by atoms with E-state index in [2.05, 4.69) is 26.2 Å². The molecule has 4 aromatic rings. The average Bonchev–Trinajstić information content (AvgIpc) is 3.41. The fraction of sp³-hybridized carbons (Fsp3) is 0.200. The molecule has 0 aliphatic carbocycles.